The van der Waals surface area contributed by atoms with Crippen molar-refractivity contribution in [3.8, 4) is 0 Å². The van der Waals surface area contributed by atoms with Crippen molar-refractivity contribution in [3.63, 3.8) is 0 Å². The highest BCUT2D eigenvalue weighted by Crippen LogP contribution is 2.21. The first-order chi connectivity index (χ1) is 14.4. The molecule has 6 nitrogen and oxygen atoms in total. The molecule has 3 rings (SSSR count). The molecule has 2 aromatic carbocycles. The number of nitrogens with one attached hydrogen (secondary N) is 3. The van der Waals surface area contributed by atoms with E-state index in [4.69, 9.17) is 0 Å². The van der Waals surface area contributed by atoms with E-state index in [1.165, 1.54) is 16.9 Å². The summed E-state index contributed by atoms with van der Waals surface area (Å²) in [5.74, 6) is -0.357. The lowest BCUT2D eigenvalue weighted by molar-refractivity contribution is -0.119. The molecule has 0 bridgehead atoms. The minimum atomic E-state index is -0.152. The van der Waals surface area contributed by atoms with Crippen molar-refractivity contribution >= 4 is 39.7 Å². The normalized spacial score (nSPS) is 11.7. The van der Waals surface area contributed by atoms with Crippen LogP contribution in [0, 0.1) is 5.92 Å². The monoisotopic (exact) mass is 422 g/mol. The summed E-state index contributed by atoms with van der Waals surface area (Å²) in [6.07, 6.45) is 0.152. The Morgan fingerprint density at radius 2 is 1.60 bits per heavy atom. The fourth-order valence-electron chi connectivity index (χ4n) is 2.79. The van der Waals surface area contributed by atoms with Gasteiger partial charge in [-0.2, -0.15) is 0 Å². The second-order valence-electron chi connectivity index (χ2n) is 7.37. The minimum Gasteiger partial charge on any atom is -0.379 e. The van der Waals surface area contributed by atoms with E-state index in [-0.39, 0.29) is 30.2 Å². The lowest BCUT2D eigenvalue weighted by Crippen LogP contribution is -2.18. The molecule has 156 valence electrons. The molecule has 1 heterocycles. The van der Waals surface area contributed by atoms with E-state index in [2.05, 4.69) is 40.0 Å². The molecular weight excluding hydrogens is 396 g/mol. The largest absolute Gasteiger partial charge is 0.379 e. The minimum absolute atomic E-state index is 0.0874. The van der Waals surface area contributed by atoms with Gasteiger partial charge in [-0.3, -0.25) is 9.59 Å². The lowest BCUT2D eigenvalue weighted by Gasteiger charge is -2.16. The maximum absolute atomic E-state index is 12.3. The fourth-order valence-corrected chi connectivity index (χ4v) is 3.50. The first-order valence-electron chi connectivity index (χ1n) is 9.87. The summed E-state index contributed by atoms with van der Waals surface area (Å²) in [6.45, 7) is 5.75. The molecule has 0 spiro atoms. The van der Waals surface area contributed by atoms with E-state index in [9.17, 15) is 9.59 Å². The van der Waals surface area contributed by atoms with Gasteiger partial charge in [-0.1, -0.05) is 44.2 Å². The average molecular weight is 423 g/mol. The first kappa shape index (κ1) is 21.5. The summed E-state index contributed by atoms with van der Waals surface area (Å²) in [6, 6.07) is 18.0. The maximum atomic E-state index is 12.3. The van der Waals surface area contributed by atoms with Gasteiger partial charge in [0.25, 0.3) is 0 Å². The number of hydrogen-bond donors (Lipinski definition) is 3. The number of carbonyl (C=O) groups is 2. The van der Waals surface area contributed by atoms with Crippen LogP contribution in [-0.4, -0.2) is 16.8 Å². The molecule has 1 aromatic heterocycles. The van der Waals surface area contributed by atoms with Gasteiger partial charge in [0, 0.05) is 28.7 Å². The van der Waals surface area contributed by atoms with Crippen LogP contribution in [0.25, 0.3) is 0 Å². The standard InChI is InChI=1S/C23H26N4O2S/c1-15(2)22(29)27-23-26-20(14-30-23)13-21(28)25-19-11-9-18(10-12-19)24-16(3)17-7-5-4-6-8-17/h4-12,14-16,24H,13H2,1-3H3,(H,25,28)(H,26,27,29). The lowest BCUT2D eigenvalue weighted by atomic mass is 10.1. The molecule has 3 aromatic rings. The van der Waals surface area contributed by atoms with Gasteiger partial charge in [-0.15, -0.1) is 11.3 Å². The molecule has 1 atom stereocenters. The Hall–Kier alpha value is -3.19. The second kappa shape index (κ2) is 10.0. The van der Waals surface area contributed by atoms with Gasteiger partial charge in [0.05, 0.1) is 12.1 Å². The van der Waals surface area contributed by atoms with E-state index in [1.54, 1.807) is 5.38 Å². The summed E-state index contributed by atoms with van der Waals surface area (Å²) < 4.78 is 0. The molecular formula is C23H26N4O2S. The van der Waals surface area contributed by atoms with Crippen LogP contribution in [0.2, 0.25) is 0 Å². The second-order valence-corrected chi connectivity index (χ2v) is 8.23. The molecule has 2 amide bonds. The third kappa shape index (κ3) is 6.15. The third-order valence-electron chi connectivity index (χ3n) is 4.50. The van der Waals surface area contributed by atoms with Gasteiger partial charge in [-0.25, -0.2) is 4.98 Å². The zero-order valence-electron chi connectivity index (χ0n) is 17.3. The Morgan fingerprint density at radius 1 is 0.933 bits per heavy atom. The zero-order chi connectivity index (χ0) is 21.5. The highest BCUT2D eigenvalue weighted by Gasteiger charge is 2.12. The van der Waals surface area contributed by atoms with Gasteiger partial charge in [-0.05, 0) is 36.8 Å². The Kier molecular flexibility index (Phi) is 7.19. The molecule has 1 unspecified atom stereocenters. The zero-order valence-corrected chi connectivity index (χ0v) is 18.1. The van der Waals surface area contributed by atoms with Crippen LogP contribution >= 0.6 is 11.3 Å². The van der Waals surface area contributed by atoms with Crippen molar-refractivity contribution in [2.45, 2.75) is 33.2 Å². The predicted molar refractivity (Wildman–Crippen MR) is 123 cm³/mol. The molecule has 0 saturated heterocycles. The summed E-state index contributed by atoms with van der Waals surface area (Å²) in [4.78, 5) is 28.4. The molecule has 7 heteroatoms. The molecule has 3 N–H and O–H groups in total. The van der Waals surface area contributed by atoms with Gasteiger partial charge in [0.2, 0.25) is 11.8 Å². The van der Waals surface area contributed by atoms with Crippen LogP contribution in [-0.2, 0) is 16.0 Å². The Morgan fingerprint density at radius 3 is 2.27 bits per heavy atom. The summed E-state index contributed by atoms with van der Waals surface area (Å²) in [5.41, 5.74) is 3.55. The summed E-state index contributed by atoms with van der Waals surface area (Å²) in [7, 11) is 0. The van der Waals surface area contributed by atoms with Crippen molar-refractivity contribution < 1.29 is 9.59 Å². The maximum Gasteiger partial charge on any atom is 0.230 e. The van der Waals surface area contributed by atoms with Crippen LogP contribution in [0.1, 0.15) is 38.1 Å². The highest BCUT2D eigenvalue weighted by molar-refractivity contribution is 7.13. The van der Waals surface area contributed by atoms with E-state index in [1.807, 2.05) is 56.3 Å². The molecule has 0 radical (unpaired) electrons. The van der Waals surface area contributed by atoms with Crippen molar-refractivity contribution in [3.05, 3.63) is 71.2 Å². The SMILES string of the molecule is CC(C)C(=O)Nc1nc(CC(=O)Nc2ccc(NC(C)c3ccccc3)cc2)cs1. The van der Waals surface area contributed by atoms with E-state index >= 15 is 0 Å². The molecule has 0 aliphatic heterocycles. The van der Waals surface area contributed by atoms with E-state index in [0.717, 1.165) is 11.4 Å². The van der Waals surface area contributed by atoms with Gasteiger partial charge in [0.15, 0.2) is 5.13 Å². The third-order valence-corrected chi connectivity index (χ3v) is 5.31. The van der Waals surface area contributed by atoms with Crippen LogP contribution in [0.4, 0.5) is 16.5 Å². The Bertz CT molecular complexity index is 984. The molecule has 0 saturated carbocycles. The highest BCUT2D eigenvalue weighted by atomic mass is 32.1. The Labute approximate surface area is 180 Å². The first-order valence-corrected chi connectivity index (χ1v) is 10.8. The van der Waals surface area contributed by atoms with Crippen LogP contribution < -0.4 is 16.0 Å². The van der Waals surface area contributed by atoms with Crippen molar-refractivity contribution in [2.75, 3.05) is 16.0 Å². The topological polar surface area (TPSA) is 83.1 Å². The van der Waals surface area contributed by atoms with Crippen molar-refractivity contribution in [2.24, 2.45) is 5.92 Å². The summed E-state index contributed by atoms with van der Waals surface area (Å²) in [5, 5.41) is 11.4. The molecule has 0 fully saturated rings. The van der Waals surface area contributed by atoms with Gasteiger partial charge < -0.3 is 16.0 Å². The fraction of sp³-hybridized carbons (Fsp3) is 0.261. The van der Waals surface area contributed by atoms with E-state index < -0.39 is 0 Å². The number of aromatic nitrogens is 1. The van der Waals surface area contributed by atoms with Gasteiger partial charge >= 0.3 is 0 Å². The van der Waals surface area contributed by atoms with E-state index in [0.29, 0.717) is 10.8 Å². The number of rotatable bonds is 8. The number of benzene rings is 2. The Balaban J connectivity index is 1.51. The van der Waals surface area contributed by atoms with Gasteiger partial charge in [0.1, 0.15) is 0 Å². The van der Waals surface area contributed by atoms with Crippen LogP contribution in [0.3, 0.4) is 0 Å². The molecule has 0 aliphatic rings. The average Bonchev–Trinajstić information content (AvgIpc) is 3.16. The number of hydrogen-bond acceptors (Lipinski definition) is 5. The predicted octanol–water partition coefficient (Wildman–Crippen LogP) is 5.09. The number of amides is 2. The number of anilines is 3. The number of nitrogens with zero attached hydrogens (tertiary/aromatic N) is 1. The molecule has 30 heavy (non-hydrogen) atoms. The van der Waals surface area contributed by atoms with Crippen molar-refractivity contribution in [1.29, 1.82) is 0 Å². The van der Waals surface area contributed by atoms with Crippen LogP contribution in [0.15, 0.2) is 60.0 Å². The number of thiazole rings is 1. The quantitative estimate of drug-likeness (QED) is 0.472. The summed E-state index contributed by atoms with van der Waals surface area (Å²) >= 11 is 1.32. The smallest absolute Gasteiger partial charge is 0.230 e. The van der Waals surface area contributed by atoms with Crippen LogP contribution in [0.5, 0.6) is 0 Å². The number of carbonyl (C=O) groups excluding carboxylic acids is 2. The van der Waals surface area contributed by atoms with Crippen molar-refractivity contribution in [1.82, 2.24) is 4.98 Å². The molecule has 0 aliphatic carbocycles.